The number of hydrogen-bond acceptors (Lipinski definition) is 4. The Kier molecular flexibility index (Phi) is 4.73. The largest absolute Gasteiger partial charge is 0.486 e. The van der Waals surface area contributed by atoms with Gasteiger partial charge in [0.15, 0.2) is 5.11 Å². The third-order valence-corrected chi connectivity index (χ3v) is 5.54. The highest BCUT2D eigenvalue weighted by atomic mass is 32.2. The molecule has 2 aromatic carbocycles. The van der Waals surface area contributed by atoms with Gasteiger partial charge in [-0.3, -0.25) is 4.72 Å². The molecular weight excluding hydrogens is 344 g/mol. The number of hydrogen-bond donors (Lipinski definition) is 2. The van der Waals surface area contributed by atoms with Crippen LogP contribution in [-0.2, 0) is 16.4 Å². The van der Waals surface area contributed by atoms with Crippen LogP contribution in [0.25, 0.3) is 0 Å². The van der Waals surface area contributed by atoms with Crippen LogP contribution in [0.3, 0.4) is 0 Å². The Balaban J connectivity index is 1.89. The first kappa shape index (κ1) is 16.7. The van der Waals surface area contributed by atoms with E-state index in [0.29, 0.717) is 0 Å². The Morgan fingerprint density at radius 3 is 2.67 bits per heavy atom. The average Bonchev–Trinajstić information content (AvgIpc) is 2.54. The zero-order valence-electron chi connectivity index (χ0n) is 12.9. The van der Waals surface area contributed by atoms with Crippen LogP contribution in [0.5, 0.6) is 5.75 Å². The predicted octanol–water partition coefficient (Wildman–Crippen LogP) is 2.66. The van der Waals surface area contributed by atoms with Crippen molar-refractivity contribution in [2.75, 3.05) is 0 Å². The number of ether oxygens (including phenoxy) is 1. The van der Waals surface area contributed by atoms with E-state index < -0.39 is 10.0 Å². The van der Waals surface area contributed by atoms with Crippen LogP contribution in [-0.4, -0.2) is 13.5 Å². The zero-order valence-corrected chi connectivity index (χ0v) is 14.6. The summed E-state index contributed by atoms with van der Waals surface area (Å²) in [6.45, 7) is 0. The number of nitrogens with two attached hydrogens (primary N) is 1. The van der Waals surface area contributed by atoms with Gasteiger partial charge in [-0.2, -0.15) is 0 Å². The summed E-state index contributed by atoms with van der Waals surface area (Å²) in [5.41, 5.74) is 7.29. The number of para-hydroxylation sites is 1. The summed E-state index contributed by atoms with van der Waals surface area (Å²) in [5.74, 6) is 0.808. The number of aryl methyl sites for hydroxylation is 1. The van der Waals surface area contributed by atoms with Gasteiger partial charge in [-0.15, -0.1) is 0 Å². The van der Waals surface area contributed by atoms with Crippen LogP contribution in [0.2, 0.25) is 0 Å². The van der Waals surface area contributed by atoms with Gasteiger partial charge < -0.3 is 10.5 Å². The minimum Gasteiger partial charge on any atom is -0.486 e. The molecule has 0 amide bonds. The van der Waals surface area contributed by atoms with Crippen molar-refractivity contribution in [3.05, 3.63) is 59.7 Å². The van der Waals surface area contributed by atoms with Crippen molar-refractivity contribution in [1.82, 2.24) is 4.72 Å². The molecule has 5 nitrogen and oxygen atoms in total. The van der Waals surface area contributed by atoms with Crippen LogP contribution in [0.4, 0.5) is 0 Å². The Bertz CT molecular complexity index is 851. The lowest BCUT2D eigenvalue weighted by Gasteiger charge is -2.27. The van der Waals surface area contributed by atoms with Gasteiger partial charge in [0.25, 0.3) is 10.0 Å². The molecule has 0 aliphatic heterocycles. The molecule has 7 heteroatoms. The second-order valence-electron chi connectivity index (χ2n) is 5.64. The molecule has 0 heterocycles. The van der Waals surface area contributed by atoms with E-state index in [4.69, 9.17) is 10.5 Å². The molecule has 0 spiro atoms. The van der Waals surface area contributed by atoms with Crippen LogP contribution >= 0.6 is 12.2 Å². The van der Waals surface area contributed by atoms with Gasteiger partial charge in [0.1, 0.15) is 11.9 Å². The molecule has 1 atom stereocenters. The third-order valence-electron chi connectivity index (χ3n) is 3.94. The highest BCUT2D eigenvalue weighted by Gasteiger charge is 2.24. The SMILES string of the molecule is NC(=S)NS(=O)(=O)c1ccc2c(c1)CCCC2Oc1ccccc1. The molecule has 0 bridgehead atoms. The fourth-order valence-corrected chi connectivity index (χ4v) is 4.15. The van der Waals surface area contributed by atoms with Crippen LogP contribution in [0.15, 0.2) is 53.4 Å². The molecular formula is C17H18N2O3S2. The fraction of sp³-hybridized carbons (Fsp3) is 0.235. The molecule has 2 aromatic rings. The third kappa shape index (κ3) is 3.68. The van der Waals surface area contributed by atoms with E-state index >= 15 is 0 Å². The second-order valence-corrected chi connectivity index (χ2v) is 7.76. The molecule has 1 unspecified atom stereocenters. The Morgan fingerprint density at radius 2 is 1.96 bits per heavy atom. The first-order valence-corrected chi connectivity index (χ1v) is 9.51. The second kappa shape index (κ2) is 6.78. The van der Waals surface area contributed by atoms with E-state index in [9.17, 15) is 8.42 Å². The van der Waals surface area contributed by atoms with Gasteiger partial charge in [-0.25, -0.2) is 8.42 Å². The van der Waals surface area contributed by atoms with Gasteiger partial charge in [0, 0.05) is 0 Å². The number of rotatable bonds is 4. The van der Waals surface area contributed by atoms with Gasteiger partial charge in [0.05, 0.1) is 4.90 Å². The topological polar surface area (TPSA) is 81.4 Å². The standard InChI is InChI=1S/C17H18N2O3S2/c18-17(23)19-24(20,21)14-9-10-15-12(11-14)5-4-8-16(15)22-13-6-2-1-3-7-13/h1-3,6-7,9-11,16H,4-5,8H2,(H3,18,19,23). The summed E-state index contributed by atoms with van der Waals surface area (Å²) < 4.78 is 32.6. The molecule has 126 valence electrons. The van der Waals surface area contributed by atoms with E-state index in [1.54, 1.807) is 12.1 Å². The molecule has 0 saturated carbocycles. The molecule has 0 radical (unpaired) electrons. The van der Waals surface area contributed by atoms with Crippen molar-refractivity contribution >= 4 is 27.4 Å². The van der Waals surface area contributed by atoms with Gasteiger partial charge in [0.2, 0.25) is 0 Å². The van der Waals surface area contributed by atoms with E-state index in [1.807, 2.05) is 36.4 Å². The summed E-state index contributed by atoms with van der Waals surface area (Å²) in [7, 11) is -3.73. The monoisotopic (exact) mass is 362 g/mol. The van der Waals surface area contributed by atoms with E-state index in [-0.39, 0.29) is 16.1 Å². The molecule has 1 aliphatic carbocycles. The normalized spacial score (nSPS) is 16.9. The van der Waals surface area contributed by atoms with Gasteiger partial charge in [-0.1, -0.05) is 24.3 Å². The zero-order chi connectivity index (χ0) is 17.2. The Labute approximate surface area is 146 Å². The lowest BCUT2D eigenvalue weighted by atomic mass is 9.89. The van der Waals surface area contributed by atoms with Gasteiger partial charge >= 0.3 is 0 Å². The van der Waals surface area contributed by atoms with Crippen LogP contribution in [0, 0.1) is 0 Å². The summed E-state index contributed by atoms with van der Waals surface area (Å²) in [4.78, 5) is 0.161. The lowest BCUT2D eigenvalue weighted by Crippen LogP contribution is -2.34. The van der Waals surface area contributed by atoms with E-state index in [1.165, 1.54) is 0 Å². The molecule has 3 N–H and O–H groups in total. The molecule has 0 fully saturated rings. The average molecular weight is 362 g/mol. The molecule has 1 aliphatic rings. The summed E-state index contributed by atoms with van der Waals surface area (Å²) in [6.07, 6.45) is 2.59. The molecule has 3 rings (SSSR count). The van der Waals surface area contributed by atoms with Crippen molar-refractivity contribution in [3.63, 3.8) is 0 Å². The number of nitrogens with one attached hydrogen (secondary N) is 1. The maximum absolute atomic E-state index is 12.2. The maximum Gasteiger partial charge on any atom is 0.263 e. The lowest BCUT2D eigenvalue weighted by molar-refractivity contribution is 0.183. The maximum atomic E-state index is 12.2. The first-order chi connectivity index (χ1) is 11.5. The van der Waals surface area contributed by atoms with E-state index in [0.717, 1.165) is 36.1 Å². The number of benzene rings is 2. The van der Waals surface area contributed by atoms with Crippen molar-refractivity contribution in [2.45, 2.75) is 30.3 Å². The quantitative estimate of drug-likeness (QED) is 0.817. The van der Waals surface area contributed by atoms with Crippen molar-refractivity contribution < 1.29 is 13.2 Å². The highest BCUT2D eigenvalue weighted by molar-refractivity contribution is 7.91. The highest BCUT2D eigenvalue weighted by Crippen LogP contribution is 2.34. The summed E-state index contributed by atoms with van der Waals surface area (Å²) >= 11 is 4.62. The molecule has 0 saturated heterocycles. The van der Waals surface area contributed by atoms with Gasteiger partial charge in [-0.05, 0) is 66.9 Å². The van der Waals surface area contributed by atoms with Crippen molar-refractivity contribution in [1.29, 1.82) is 0 Å². The first-order valence-electron chi connectivity index (χ1n) is 7.62. The number of sulfonamides is 1. The molecule has 0 aromatic heterocycles. The smallest absolute Gasteiger partial charge is 0.263 e. The van der Waals surface area contributed by atoms with Crippen molar-refractivity contribution in [3.8, 4) is 5.75 Å². The Hall–Kier alpha value is -2.12. The van der Waals surface area contributed by atoms with Crippen LogP contribution < -0.4 is 15.2 Å². The Morgan fingerprint density at radius 1 is 1.21 bits per heavy atom. The number of fused-ring (bicyclic) bond motifs is 1. The van der Waals surface area contributed by atoms with E-state index in [2.05, 4.69) is 16.9 Å². The minimum absolute atomic E-state index is 0.0727. The van der Waals surface area contributed by atoms with Crippen molar-refractivity contribution in [2.24, 2.45) is 5.73 Å². The number of thiocarbonyl (C=S) groups is 1. The molecule has 24 heavy (non-hydrogen) atoms. The summed E-state index contributed by atoms with van der Waals surface area (Å²) in [5, 5.41) is -0.266. The fourth-order valence-electron chi connectivity index (χ4n) is 2.89. The summed E-state index contributed by atoms with van der Waals surface area (Å²) in [6, 6.07) is 14.7. The minimum atomic E-state index is -3.73. The predicted molar refractivity (Wildman–Crippen MR) is 96.3 cm³/mol. The van der Waals surface area contributed by atoms with Crippen LogP contribution in [0.1, 0.15) is 30.1 Å².